The largest absolute Gasteiger partial charge is 0.379 e. The molecule has 24 heavy (non-hydrogen) atoms. The van der Waals surface area contributed by atoms with Gasteiger partial charge < -0.3 is 15.4 Å². The van der Waals surface area contributed by atoms with Crippen molar-refractivity contribution in [1.82, 2.24) is 15.5 Å². The molecule has 0 saturated carbocycles. The van der Waals surface area contributed by atoms with E-state index in [0.29, 0.717) is 26.3 Å². The van der Waals surface area contributed by atoms with E-state index in [1.165, 1.54) is 12.1 Å². The number of ether oxygens (including phenoxy) is 1. The number of nitrogens with zero attached hydrogens (tertiary/aromatic N) is 1. The zero-order valence-electron chi connectivity index (χ0n) is 14.1. The number of carbonyl (C=O) groups is 1. The fraction of sp³-hybridized carbons (Fsp3) is 0.588. The molecule has 1 fully saturated rings. The molecule has 0 spiro atoms. The van der Waals surface area contributed by atoms with Crippen LogP contribution in [0.2, 0.25) is 0 Å². The molecule has 0 radical (unpaired) electrons. The minimum absolute atomic E-state index is 0.0199. The molecule has 1 aliphatic heterocycles. The van der Waals surface area contributed by atoms with Gasteiger partial charge in [0.1, 0.15) is 5.82 Å². The van der Waals surface area contributed by atoms with Crippen molar-refractivity contribution in [1.29, 1.82) is 0 Å². The number of thioether (sulfide) groups is 1. The van der Waals surface area contributed by atoms with E-state index in [0.717, 1.165) is 30.8 Å². The molecule has 1 heterocycles. The average molecular weight is 355 g/mol. The van der Waals surface area contributed by atoms with Crippen molar-refractivity contribution < 1.29 is 13.9 Å². The molecule has 0 unspecified atom stereocenters. The predicted octanol–water partition coefficient (Wildman–Crippen LogP) is 2.25. The van der Waals surface area contributed by atoms with Gasteiger partial charge in [0.25, 0.3) is 0 Å². The van der Waals surface area contributed by atoms with Crippen LogP contribution < -0.4 is 10.6 Å². The van der Waals surface area contributed by atoms with Gasteiger partial charge in [0.2, 0.25) is 0 Å². The number of carbonyl (C=O) groups excluding carboxylic acids is 1. The highest BCUT2D eigenvalue weighted by atomic mass is 32.2. The third kappa shape index (κ3) is 6.30. The first-order valence-corrected chi connectivity index (χ1v) is 9.68. The normalized spacial score (nSPS) is 16.6. The van der Waals surface area contributed by atoms with Gasteiger partial charge in [-0.25, -0.2) is 9.18 Å². The minimum atomic E-state index is -0.251. The number of amides is 2. The lowest BCUT2D eigenvalue weighted by Gasteiger charge is -2.35. The number of benzene rings is 1. The summed E-state index contributed by atoms with van der Waals surface area (Å²) in [6.07, 6.45) is 3.01. The van der Waals surface area contributed by atoms with Gasteiger partial charge in [-0.3, -0.25) is 4.90 Å². The Kier molecular flexibility index (Phi) is 8.35. The van der Waals surface area contributed by atoms with Gasteiger partial charge in [-0.1, -0.05) is 12.1 Å². The summed E-state index contributed by atoms with van der Waals surface area (Å²) in [6.45, 7) is 4.13. The molecular weight excluding hydrogens is 329 g/mol. The average Bonchev–Trinajstić information content (AvgIpc) is 2.61. The predicted molar refractivity (Wildman–Crippen MR) is 95.9 cm³/mol. The Bertz CT molecular complexity index is 495. The maximum absolute atomic E-state index is 13.2. The molecule has 134 valence electrons. The number of nitrogens with one attached hydrogen (secondary N) is 2. The number of morpholine rings is 1. The Balaban J connectivity index is 1.90. The summed E-state index contributed by atoms with van der Waals surface area (Å²) in [6, 6.07) is 6.36. The molecule has 5 nitrogen and oxygen atoms in total. The maximum Gasteiger partial charge on any atom is 0.314 e. The monoisotopic (exact) mass is 355 g/mol. The standard InChI is InChI=1S/C17H26FN3O2S/c1-24-12-2-7-19-17(22)20-13-16(21-8-10-23-11-9-21)14-3-5-15(18)6-4-14/h3-6,16H,2,7-13H2,1H3,(H2,19,20,22)/t16-/m0/s1. The summed E-state index contributed by atoms with van der Waals surface area (Å²) < 4.78 is 18.6. The quantitative estimate of drug-likeness (QED) is 0.703. The van der Waals surface area contributed by atoms with E-state index in [2.05, 4.69) is 21.8 Å². The Morgan fingerprint density at radius 2 is 2.00 bits per heavy atom. The van der Waals surface area contributed by atoms with Crippen molar-refractivity contribution in [2.75, 3.05) is 51.4 Å². The summed E-state index contributed by atoms with van der Waals surface area (Å²) in [4.78, 5) is 14.2. The van der Waals surface area contributed by atoms with Crippen molar-refractivity contribution in [2.24, 2.45) is 0 Å². The first-order valence-electron chi connectivity index (χ1n) is 8.28. The lowest BCUT2D eigenvalue weighted by Crippen LogP contribution is -2.45. The fourth-order valence-corrected chi connectivity index (χ4v) is 3.14. The van der Waals surface area contributed by atoms with E-state index in [-0.39, 0.29) is 17.9 Å². The second kappa shape index (κ2) is 10.5. The molecule has 0 bridgehead atoms. The zero-order chi connectivity index (χ0) is 17.2. The van der Waals surface area contributed by atoms with Crippen molar-refractivity contribution >= 4 is 17.8 Å². The molecule has 2 amide bonds. The third-order valence-corrected chi connectivity index (χ3v) is 4.70. The van der Waals surface area contributed by atoms with Gasteiger partial charge in [0, 0.05) is 26.2 Å². The molecule has 1 atom stereocenters. The van der Waals surface area contributed by atoms with Crippen LogP contribution in [0, 0.1) is 5.82 Å². The number of hydrogen-bond acceptors (Lipinski definition) is 4. The number of hydrogen-bond donors (Lipinski definition) is 2. The molecule has 2 N–H and O–H groups in total. The number of urea groups is 1. The highest BCUT2D eigenvalue weighted by Gasteiger charge is 2.23. The van der Waals surface area contributed by atoms with E-state index >= 15 is 0 Å². The van der Waals surface area contributed by atoms with Gasteiger partial charge in [0.05, 0.1) is 19.3 Å². The number of rotatable bonds is 8. The maximum atomic E-state index is 13.2. The van der Waals surface area contributed by atoms with Gasteiger partial charge >= 0.3 is 6.03 Å². The molecule has 1 aromatic rings. The summed E-state index contributed by atoms with van der Waals surface area (Å²) in [5, 5.41) is 5.81. The molecule has 7 heteroatoms. The van der Waals surface area contributed by atoms with Crippen molar-refractivity contribution in [3.05, 3.63) is 35.6 Å². The van der Waals surface area contributed by atoms with E-state index in [4.69, 9.17) is 4.74 Å². The van der Waals surface area contributed by atoms with Crippen LogP contribution in [0.1, 0.15) is 18.0 Å². The summed E-state index contributed by atoms with van der Waals surface area (Å²) >= 11 is 1.77. The topological polar surface area (TPSA) is 53.6 Å². The Hall–Kier alpha value is -1.31. The molecule has 1 aliphatic rings. The van der Waals surface area contributed by atoms with Gasteiger partial charge in [0.15, 0.2) is 0 Å². The van der Waals surface area contributed by atoms with Crippen LogP contribution in [-0.2, 0) is 4.74 Å². The number of halogens is 1. The summed E-state index contributed by atoms with van der Waals surface area (Å²) in [5.74, 6) is 0.783. The zero-order valence-corrected chi connectivity index (χ0v) is 14.9. The van der Waals surface area contributed by atoms with Crippen molar-refractivity contribution in [2.45, 2.75) is 12.5 Å². The molecule has 1 saturated heterocycles. The highest BCUT2D eigenvalue weighted by Crippen LogP contribution is 2.21. The van der Waals surface area contributed by atoms with Crippen LogP contribution in [-0.4, -0.2) is 62.3 Å². The van der Waals surface area contributed by atoms with Gasteiger partial charge in [-0.2, -0.15) is 11.8 Å². The summed E-state index contributed by atoms with van der Waals surface area (Å²) in [5.41, 5.74) is 1.00. The van der Waals surface area contributed by atoms with Crippen molar-refractivity contribution in [3.63, 3.8) is 0 Å². The fourth-order valence-electron chi connectivity index (χ4n) is 2.70. The van der Waals surface area contributed by atoms with Crippen LogP contribution in [0.5, 0.6) is 0 Å². The highest BCUT2D eigenvalue weighted by molar-refractivity contribution is 7.98. The molecular formula is C17H26FN3O2S. The molecule has 0 aromatic heterocycles. The van der Waals surface area contributed by atoms with Gasteiger partial charge in [-0.15, -0.1) is 0 Å². The lowest BCUT2D eigenvalue weighted by atomic mass is 10.0. The van der Waals surface area contributed by atoms with Crippen LogP contribution in [0.15, 0.2) is 24.3 Å². The lowest BCUT2D eigenvalue weighted by molar-refractivity contribution is 0.0167. The minimum Gasteiger partial charge on any atom is -0.379 e. The first kappa shape index (κ1) is 19.0. The molecule has 2 rings (SSSR count). The Morgan fingerprint density at radius 3 is 2.67 bits per heavy atom. The van der Waals surface area contributed by atoms with E-state index < -0.39 is 0 Å². The van der Waals surface area contributed by atoms with Crippen molar-refractivity contribution in [3.8, 4) is 0 Å². The third-order valence-electron chi connectivity index (χ3n) is 4.01. The Morgan fingerprint density at radius 1 is 1.29 bits per heavy atom. The second-order valence-electron chi connectivity index (χ2n) is 5.70. The Labute approximate surface area is 147 Å². The molecule has 1 aromatic carbocycles. The van der Waals surface area contributed by atoms with Crippen LogP contribution >= 0.6 is 11.8 Å². The van der Waals surface area contributed by atoms with Crippen LogP contribution in [0.4, 0.5) is 9.18 Å². The SMILES string of the molecule is CSCCCNC(=O)NC[C@@H](c1ccc(F)cc1)N1CCOCC1. The van der Waals surface area contributed by atoms with E-state index in [1.54, 1.807) is 23.9 Å². The second-order valence-corrected chi connectivity index (χ2v) is 6.68. The first-order chi connectivity index (χ1) is 11.7. The van der Waals surface area contributed by atoms with Gasteiger partial charge in [-0.05, 0) is 36.1 Å². The van der Waals surface area contributed by atoms with E-state index in [9.17, 15) is 9.18 Å². The molecule has 0 aliphatic carbocycles. The summed E-state index contributed by atoms with van der Waals surface area (Å²) in [7, 11) is 0. The van der Waals surface area contributed by atoms with Crippen LogP contribution in [0.3, 0.4) is 0 Å². The van der Waals surface area contributed by atoms with E-state index in [1.807, 2.05) is 0 Å². The smallest absolute Gasteiger partial charge is 0.314 e. The van der Waals surface area contributed by atoms with Crippen LogP contribution in [0.25, 0.3) is 0 Å².